The third kappa shape index (κ3) is 4.51. The van der Waals surface area contributed by atoms with Crippen molar-refractivity contribution in [1.82, 2.24) is 20.4 Å². The van der Waals surface area contributed by atoms with Crippen molar-refractivity contribution < 1.29 is 18.8 Å². The van der Waals surface area contributed by atoms with Gasteiger partial charge in [-0.3, -0.25) is 9.59 Å². The van der Waals surface area contributed by atoms with E-state index in [1.54, 1.807) is 36.1 Å². The molecule has 3 rings (SSSR count). The number of amides is 2. The van der Waals surface area contributed by atoms with Crippen molar-refractivity contribution >= 4 is 11.8 Å². The van der Waals surface area contributed by atoms with Crippen molar-refractivity contribution in [3.05, 3.63) is 47.1 Å². The van der Waals surface area contributed by atoms with Gasteiger partial charge in [0.1, 0.15) is 6.04 Å². The smallest absolute Gasteiger partial charge is 0.254 e. The van der Waals surface area contributed by atoms with Crippen LogP contribution in [0.3, 0.4) is 0 Å². The molecular formula is C19H24N4O4. The molecule has 1 N–H and O–H groups in total. The minimum Gasteiger partial charge on any atom is -0.378 e. The van der Waals surface area contributed by atoms with E-state index in [2.05, 4.69) is 15.5 Å². The van der Waals surface area contributed by atoms with E-state index in [9.17, 15) is 9.59 Å². The number of aromatic nitrogens is 2. The molecule has 1 saturated heterocycles. The van der Waals surface area contributed by atoms with Gasteiger partial charge in [-0.2, -0.15) is 4.98 Å². The molecular weight excluding hydrogens is 348 g/mol. The number of benzene rings is 1. The number of hydrogen-bond acceptors (Lipinski definition) is 6. The second-order valence-corrected chi connectivity index (χ2v) is 6.82. The minimum atomic E-state index is -0.410. The normalized spacial score (nSPS) is 15.6. The highest BCUT2D eigenvalue weighted by Crippen LogP contribution is 2.16. The van der Waals surface area contributed by atoms with E-state index in [1.807, 2.05) is 13.8 Å². The van der Waals surface area contributed by atoms with Crippen LogP contribution in [0, 0.1) is 0 Å². The third-order valence-electron chi connectivity index (χ3n) is 4.38. The number of morpholine rings is 1. The molecule has 0 saturated carbocycles. The Morgan fingerprint density at radius 3 is 2.30 bits per heavy atom. The molecule has 0 bridgehead atoms. The second kappa shape index (κ2) is 8.30. The molecule has 1 fully saturated rings. The van der Waals surface area contributed by atoms with Gasteiger partial charge in [-0.05, 0) is 31.2 Å². The van der Waals surface area contributed by atoms with Gasteiger partial charge in [-0.25, -0.2) is 0 Å². The van der Waals surface area contributed by atoms with Crippen LogP contribution in [0.1, 0.15) is 65.2 Å². The van der Waals surface area contributed by atoms with E-state index in [0.717, 1.165) is 0 Å². The maximum Gasteiger partial charge on any atom is 0.254 e. The fourth-order valence-corrected chi connectivity index (χ4v) is 2.71. The van der Waals surface area contributed by atoms with E-state index >= 15 is 0 Å². The highest BCUT2D eigenvalue weighted by molar-refractivity contribution is 5.98. The Labute approximate surface area is 157 Å². The van der Waals surface area contributed by atoms with Crippen LogP contribution in [0.5, 0.6) is 0 Å². The SMILES string of the molecule is CC(C)c1noc(C(C)NC(=O)c2ccc(C(=O)N3CCOCC3)cc2)n1. The van der Waals surface area contributed by atoms with Crippen LogP contribution in [0.25, 0.3) is 0 Å². The van der Waals surface area contributed by atoms with E-state index in [1.165, 1.54) is 0 Å². The lowest BCUT2D eigenvalue weighted by Gasteiger charge is -2.26. The van der Waals surface area contributed by atoms with E-state index in [-0.39, 0.29) is 17.7 Å². The quantitative estimate of drug-likeness (QED) is 0.864. The average molecular weight is 372 g/mol. The Morgan fingerprint density at radius 2 is 1.70 bits per heavy atom. The van der Waals surface area contributed by atoms with Gasteiger partial charge < -0.3 is 19.5 Å². The Balaban J connectivity index is 1.62. The first-order valence-corrected chi connectivity index (χ1v) is 9.07. The first-order chi connectivity index (χ1) is 13.0. The van der Waals surface area contributed by atoms with E-state index < -0.39 is 6.04 Å². The lowest BCUT2D eigenvalue weighted by Crippen LogP contribution is -2.40. The molecule has 144 valence electrons. The first kappa shape index (κ1) is 19.0. The van der Waals surface area contributed by atoms with Crippen LogP contribution in [0.2, 0.25) is 0 Å². The fraction of sp³-hybridized carbons (Fsp3) is 0.474. The number of rotatable bonds is 5. The van der Waals surface area contributed by atoms with Crippen molar-refractivity contribution in [2.75, 3.05) is 26.3 Å². The molecule has 1 unspecified atom stereocenters. The van der Waals surface area contributed by atoms with Gasteiger partial charge >= 0.3 is 0 Å². The van der Waals surface area contributed by atoms with Crippen LogP contribution in [0.4, 0.5) is 0 Å². The average Bonchev–Trinajstić information content (AvgIpc) is 3.19. The molecule has 1 aliphatic rings. The molecule has 0 spiro atoms. The van der Waals surface area contributed by atoms with Crippen LogP contribution in [0.15, 0.2) is 28.8 Å². The van der Waals surface area contributed by atoms with Crippen LogP contribution in [-0.4, -0.2) is 53.2 Å². The largest absolute Gasteiger partial charge is 0.378 e. The Kier molecular flexibility index (Phi) is 5.85. The van der Waals surface area contributed by atoms with Crippen LogP contribution < -0.4 is 5.32 Å². The monoisotopic (exact) mass is 372 g/mol. The third-order valence-corrected chi connectivity index (χ3v) is 4.38. The highest BCUT2D eigenvalue weighted by atomic mass is 16.5. The summed E-state index contributed by atoms with van der Waals surface area (Å²) in [5, 5.41) is 6.73. The Hall–Kier alpha value is -2.74. The molecule has 1 aromatic carbocycles. The number of nitrogens with one attached hydrogen (secondary N) is 1. The second-order valence-electron chi connectivity index (χ2n) is 6.82. The van der Waals surface area contributed by atoms with Gasteiger partial charge in [-0.1, -0.05) is 19.0 Å². The van der Waals surface area contributed by atoms with Crippen molar-refractivity contribution in [3.63, 3.8) is 0 Å². The van der Waals surface area contributed by atoms with Gasteiger partial charge in [0.2, 0.25) is 5.89 Å². The molecule has 8 heteroatoms. The summed E-state index contributed by atoms with van der Waals surface area (Å²) < 4.78 is 10.5. The predicted molar refractivity (Wildman–Crippen MR) is 97.4 cm³/mol. The summed E-state index contributed by atoms with van der Waals surface area (Å²) >= 11 is 0. The lowest BCUT2D eigenvalue weighted by molar-refractivity contribution is 0.0303. The molecule has 1 aliphatic heterocycles. The van der Waals surface area contributed by atoms with Crippen molar-refractivity contribution in [2.24, 2.45) is 0 Å². The molecule has 1 aromatic heterocycles. The van der Waals surface area contributed by atoms with E-state index in [4.69, 9.17) is 9.26 Å². The van der Waals surface area contributed by atoms with Gasteiger partial charge in [0, 0.05) is 30.1 Å². The zero-order chi connectivity index (χ0) is 19.4. The number of carbonyl (C=O) groups excluding carboxylic acids is 2. The number of nitrogens with zero attached hydrogens (tertiary/aromatic N) is 3. The molecule has 2 heterocycles. The molecule has 27 heavy (non-hydrogen) atoms. The first-order valence-electron chi connectivity index (χ1n) is 9.07. The standard InChI is InChI=1S/C19H24N4O4/c1-12(2)16-21-18(27-22-16)13(3)20-17(24)14-4-6-15(7-5-14)19(25)23-8-10-26-11-9-23/h4-7,12-13H,8-11H2,1-3H3,(H,20,24). The Morgan fingerprint density at radius 1 is 1.07 bits per heavy atom. The molecule has 0 radical (unpaired) electrons. The zero-order valence-electron chi connectivity index (χ0n) is 15.8. The summed E-state index contributed by atoms with van der Waals surface area (Å²) in [5.41, 5.74) is 1.02. The summed E-state index contributed by atoms with van der Waals surface area (Å²) in [7, 11) is 0. The summed E-state index contributed by atoms with van der Waals surface area (Å²) in [5.74, 6) is 0.813. The Bertz CT molecular complexity index is 794. The number of ether oxygens (including phenoxy) is 1. The number of carbonyl (C=O) groups is 2. The van der Waals surface area contributed by atoms with Crippen LogP contribution in [-0.2, 0) is 4.74 Å². The molecule has 2 aromatic rings. The topological polar surface area (TPSA) is 97.6 Å². The van der Waals surface area contributed by atoms with E-state index in [0.29, 0.717) is 49.1 Å². The molecule has 8 nitrogen and oxygen atoms in total. The molecule has 0 aliphatic carbocycles. The molecule has 1 atom stereocenters. The summed E-state index contributed by atoms with van der Waals surface area (Å²) in [6.07, 6.45) is 0. The van der Waals surface area contributed by atoms with Gasteiger partial charge in [-0.15, -0.1) is 0 Å². The summed E-state index contributed by atoms with van der Waals surface area (Å²) in [6, 6.07) is 6.21. The van der Waals surface area contributed by atoms with Crippen molar-refractivity contribution in [2.45, 2.75) is 32.7 Å². The highest BCUT2D eigenvalue weighted by Gasteiger charge is 2.20. The van der Waals surface area contributed by atoms with Crippen molar-refractivity contribution in [1.29, 1.82) is 0 Å². The maximum atomic E-state index is 12.4. The number of hydrogen-bond donors (Lipinski definition) is 1. The van der Waals surface area contributed by atoms with Crippen LogP contribution >= 0.6 is 0 Å². The van der Waals surface area contributed by atoms with Gasteiger partial charge in [0.05, 0.1) is 13.2 Å². The zero-order valence-corrected chi connectivity index (χ0v) is 15.8. The van der Waals surface area contributed by atoms with Crippen molar-refractivity contribution in [3.8, 4) is 0 Å². The minimum absolute atomic E-state index is 0.0503. The summed E-state index contributed by atoms with van der Waals surface area (Å²) in [6.45, 7) is 8.00. The lowest BCUT2D eigenvalue weighted by atomic mass is 10.1. The summed E-state index contributed by atoms with van der Waals surface area (Å²) in [4.78, 5) is 30.9. The van der Waals surface area contributed by atoms with Gasteiger partial charge in [0.25, 0.3) is 11.8 Å². The fourth-order valence-electron chi connectivity index (χ4n) is 2.71. The maximum absolute atomic E-state index is 12.4. The van der Waals surface area contributed by atoms with Gasteiger partial charge in [0.15, 0.2) is 5.82 Å². The molecule has 2 amide bonds. The predicted octanol–water partition coefficient (Wildman–Crippen LogP) is 2.16.